The molecule has 4 aromatic rings. The maximum atomic E-state index is 12.6. The molecule has 2 amide bonds. The molecule has 5 N–H and O–H groups in total. The highest BCUT2D eigenvalue weighted by Gasteiger charge is 2.43. The molecule has 6 rings (SSSR count). The molecule has 2 aliphatic rings. The summed E-state index contributed by atoms with van der Waals surface area (Å²) >= 11 is 35.7. The Morgan fingerprint density at radius 2 is 0.945 bits per heavy atom. The van der Waals surface area contributed by atoms with Gasteiger partial charge in [-0.05, 0) is 111 Å². The number of hydrogen-bond acceptors (Lipinski definition) is 11. The number of thiocarbonyl (C=S) groups is 2. The predicted octanol–water partition coefficient (Wildman–Crippen LogP) is 10.4. The van der Waals surface area contributed by atoms with Crippen LogP contribution in [0.4, 0.5) is 11.4 Å². The van der Waals surface area contributed by atoms with Crippen molar-refractivity contribution in [1.29, 1.82) is 0 Å². The maximum absolute atomic E-state index is 12.6. The molecule has 0 aliphatic heterocycles. The Hall–Kier alpha value is -4.40. The number of anilines is 2. The van der Waals surface area contributed by atoms with Crippen molar-refractivity contribution in [2.75, 3.05) is 41.8 Å². The number of nitrogens with one attached hydrogen (secondary N) is 4. The number of sulfone groups is 2. The van der Waals surface area contributed by atoms with Crippen molar-refractivity contribution in [2.24, 2.45) is 10.8 Å². The van der Waals surface area contributed by atoms with Crippen LogP contribution < -0.4 is 21.3 Å². The number of carboxylic acids is 1. The molecule has 4 aromatic carbocycles. The Bertz CT molecular complexity index is 2860. The fourth-order valence-electron chi connectivity index (χ4n) is 8.63. The highest BCUT2D eigenvalue weighted by molar-refractivity contribution is 7.90. The first-order chi connectivity index (χ1) is 34.3. The van der Waals surface area contributed by atoms with Gasteiger partial charge in [0.2, 0.25) is 0 Å². The van der Waals surface area contributed by atoms with Gasteiger partial charge >= 0.3 is 11.9 Å². The van der Waals surface area contributed by atoms with E-state index in [1.807, 2.05) is 0 Å². The maximum Gasteiger partial charge on any atom is 0.328 e. The molecule has 0 heterocycles. The Morgan fingerprint density at radius 3 is 1.25 bits per heavy atom. The Kier molecular flexibility index (Phi) is 21.5. The lowest BCUT2D eigenvalue weighted by atomic mass is 9.66. The van der Waals surface area contributed by atoms with Crippen LogP contribution in [0.5, 0.6) is 0 Å². The van der Waals surface area contributed by atoms with E-state index in [1.165, 1.54) is 19.6 Å². The van der Waals surface area contributed by atoms with Crippen molar-refractivity contribution in [3.8, 4) is 0 Å². The van der Waals surface area contributed by atoms with Crippen molar-refractivity contribution in [2.45, 2.75) is 89.1 Å². The van der Waals surface area contributed by atoms with Crippen LogP contribution >= 0.6 is 70.8 Å². The zero-order valence-electron chi connectivity index (χ0n) is 40.4. The molecule has 0 radical (unpaired) electrons. The molecule has 394 valence electrons. The van der Waals surface area contributed by atoms with E-state index in [2.05, 4.69) is 21.3 Å². The molecule has 73 heavy (non-hydrogen) atoms. The van der Waals surface area contributed by atoms with Crippen LogP contribution in [-0.2, 0) is 46.8 Å². The number of esters is 1. The first-order valence-corrected chi connectivity index (χ1v) is 29.8. The normalized spacial score (nSPS) is 15.3. The molecule has 0 aromatic heterocycles. The lowest BCUT2D eigenvalue weighted by molar-refractivity contribution is -0.142. The number of carbonyl (C=O) groups is 4. The summed E-state index contributed by atoms with van der Waals surface area (Å²) in [6.45, 7) is 0. The number of rotatable bonds is 22. The fraction of sp³-hybridized carbons (Fsp3) is 0.412. The average Bonchev–Trinajstić information content (AvgIpc) is 3.28. The zero-order valence-corrected chi connectivity index (χ0v) is 46.7. The summed E-state index contributed by atoms with van der Waals surface area (Å²) in [6.07, 6.45) is 10.6. The van der Waals surface area contributed by atoms with E-state index in [0.717, 1.165) is 49.7 Å². The number of benzene rings is 4. The van der Waals surface area contributed by atoms with Crippen LogP contribution in [0.1, 0.15) is 96.1 Å². The van der Waals surface area contributed by atoms with E-state index < -0.39 is 55.5 Å². The van der Waals surface area contributed by atoms with Gasteiger partial charge in [-0.25, -0.2) is 26.4 Å². The summed E-state index contributed by atoms with van der Waals surface area (Å²) < 4.78 is 51.1. The minimum absolute atomic E-state index is 0.0886. The summed E-state index contributed by atoms with van der Waals surface area (Å²) in [6, 6.07) is 21.9. The Balaban J connectivity index is 0.000000271. The molecule has 14 nitrogen and oxygen atoms in total. The monoisotopic (exact) mass is 1150 g/mol. The second kappa shape index (κ2) is 26.4. The molecule has 0 spiro atoms. The summed E-state index contributed by atoms with van der Waals surface area (Å²) in [5.74, 6) is -2.15. The van der Waals surface area contributed by atoms with Crippen LogP contribution in [0, 0.1) is 10.8 Å². The summed E-state index contributed by atoms with van der Waals surface area (Å²) in [5, 5.41) is 22.5. The van der Waals surface area contributed by atoms with Crippen molar-refractivity contribution >= 4 is 136 Å². The molecule has 2 fully saturated rings. The second-order valence-electron chi connectivity index (χ2n) is 18.6. The molecule has 2 aliphatic carbocycles. The van der Waals surface area contributed by atoms with E-state index in [9.17, 15) is 41.1 Å². The highest BCUT2D eigenvalue weighted by Crippen LogP contribution is 2.47. The molecule has 2 unspecified atom stereocenters. The van der Waals surface area contributed by atoms with Crippen LogP contribution in [0.2, 0.25) is 20.1 Å². The number of amides is 2. The number of methoxy groups -OCH3 is 1. The Morgan fingerprint density at radius 1 is 0.603 bits per heavy atom. The molecule has 0 saturated heterocycles. The Labute approximate surface area is 457 Å². The summed E-state index contributed by atoms with van der Waals surface area (Å²) in [5.41, 5.74) is 2.36. The van der Waals surface area contributed by atoms with Gasteiger partial charge in [0.15, 0.2) is 0 Å². The second-order valence-corrected chi connectivity index (χ2v) is 25.5. The van der Waals surface area contributed by atoms with Crippen LogP contribution in [0.3, 0.4) is 0 Å². The quantitative estimate of drug-likeness (QED) is 0.0366. The lowest BCUT2D eigenvalue weighted by Crippen LogP contribution is -2.51. The molecular weight excluding hydrogens is 1100 g/mol. The largest absolute Gasteiger partial charge is 0.480 e. The number of hydrogen-bond donors (Lipinski definition) is 5. The zero-order chi connectivity index (χ0) is 53.7. The average molecular weight is 1160 g/mol. The number of halogens is 4. The predicted molar refractivity (Wildman–Crippen MR) is 298 cm³/mol. The molecule has 0 bridgehead atoms. The van der Waals surface area contributed by atoms with E-state index in [0.29, 0.717) is 53.5 Å². The van der Waals surface area contributed by atoms with Gasteiger partial charge in [-0.2, -0.15) is 0 Å². The summed E-state index contributed by atoms with van der Waals surface area (Å²) in [4.78, 5) is 50.8. The van der Waals surface area contributed by atoms with E-state index in [1.54, 1.807) is 84.9 Å². The minimum Gasteiger partial charge on any atom is -0.480 e. The first-order valence-electron chi connectivity index (χ1n) is 23.3. The van der Waals surface area contributed by atoms with E-state index in [-0.39, 0.29) is 60.0 Å². The van der Waals surface area contributed by atoms with Gasteiger partial charge in [0, 0.05) is 59.1 Å². The third-order valence-corrected chi connectivity index (χ3v) is 17.4. The SMILES string of the molecule is COC(=O)C(Cc1ccc(NC(=O)c2c(Cl)cccc2Cl)cc1)NC(=S)C1(CCCS(C)(=O)=O)CCC1.CS(=O)(=O)CCCC1(C(=S)NC(Cc2ccc(NC(=O)c3c(Cl)cccc3Cl)cc2)C(=O)O)CCC1. The third-order valence-electron chi connectivity index (χ3n) is 13.0. The lowest BCUT2D eigenvalue weighted by Gasteiger charge is -2.43. The number of carboxylic acid groups (broad SMARTS) is 1. The third kappa shape index (κ3) is 17.3. The van der Waals surface area contributed by atoms with Gasteiger partial charge < -0.3 is 31.1 Å². The minimum atomic E-state index is -3.06. The number of carbonyl (C=O) groups excluding carboxylic acids is 3. The topological polar surface area (TPSA) is 214 Å². The van der Waals surface area contributed by atoms with E-state index in [4.69, 9.17) is 75.6 Å². The van der Waals surface area contributed by atoms with Gasteiger partial charge in [-0.3, -0.25) is 9.59 Å². The highest BCUT2D eigenvalue weighted by atomic mass is 35.5. The standard InChI is InChI=1S/C26H30Cl2N2O5S2.C25H28Cl2N2O5S2/c1-35-24(32)21(30-25(36)26(12-4-13-26)14-5-15-37(2,33)34)16-17-8-10-18(11-9-17)29-23(31)22-19(27)6-3-7-20(22)28;1-36(33,34)14-4-13-25(11-3-12-25)24(35)29-20(23(31)32)15-16-7-9-17(10-8-16)28-22(30)21-18(26)5-2-6-19(21)27/h3,6-11,21H,4-5,12-16H2,1-2H3,(H,29,31)(H,30,36);2,5-10,20H,3-4,11-15H2,1H3,(H,28,30)(H,29,35)(H,31,32). The van der Waals surface area contributed by atoms with Crippen molar-refractivity contribution in [3.63, 3.8) is 0 Å². The first kappa shape index (κ1) is 59.5. The molecular formula is C51H58Cl4N4O10S4. The van der Waals surface area contributed by atoms with Crippen molar-refractivity contribution in [3.05, 3.63) is 127 Å². The number of aliphatic carboxylic acids is 1. The van der Waals surface area contributed by atoms with E-state index >= 15 is 0 Å². The summed E-state index contributed by atoms with van der Waals surface area (Å²) in [7, 11) is -4.78. The molecule has 2 saturated carbocycles. The van der Waals surface area contributed by atoms with Gasteiger partial charge in [-0.1, -0.05) is 120 Å². The van der Waals surface area contributed by atoms with Gasteiger partial charge in [0.1, 0.15) is 31.8 Å². The van der Waals surface area contributed by atoms with Crippen LogP contribution in [-0.4, -0.2) is 98.9 Å². The van der Waals surface area contributed by atoms with Gasteiger partial charge in [0.05, 0.1) is 48.3 Å². The van der Waals surface area contributed by atoms with Gasteiger partial charge in [0.25, 0.3) is 11.8 Å². The molecule has 2 atom stereocenters. The van der Waals surface area contributed by atoms with Crippen molar-refractivity contribution < 1.29 is 45.9 Å². The van der Waals surface area contributed by atoms with Crippen molar-refractivity contribution in [1.82, 2.24) is 10.6 Å². The molecule has 22 heteroatoms. The fourth-order valence-corrected chi connectivity index (χ4v) is 12.0. The smallest absolute Gasteiger partial charge is 0.328 e. The van der Waals surface area contributed by atoms with Gasteiger partial charge in [-0.15, -0.1) is 0 Å². The van der Waals surface area contributed by atoms with Crippen LogP contribution in [0.25, 0.3) is 0 Å². The van der Waals surface area contributed by atoms with Crippen LogP contribution in [0.15, 0.2) is 84.9 Å². The number of ether oxygens (including phenoxy) is 1.